The highest BCUT2D eigenvalue weighted by atomic mass is 31.2. The van der Waals surface area contributed by atoms with E-state index in [0.717, 1.165) is 80.5 Å². The number of hydrogen-bond acceptors (Lipinski definition) is 1. The van der Waals surface area contributed by atoms with E-state index in [2.05, 4.69) is 164 Å². The molecule has 9 aromatic rings. The minimum absolute atomic E-state index is 0.882. The van der Waals surface area contributed by atoms with Crippen molar-refractivity contribution in [3.63, 3.8) is 0 Å². The third-order valence-electron chi connectivity index (χ3n) is 9.26. The summed E-state index contributed by atoms with van der Waals surface area (Å²) in [5.41, 5.74) is 0. The van der Waals surface area contributed by atoms with Crippen LogP contribution in [0.2, 0.25) is 0 Å². The molecule has 2 heteroatoms. The lowest BCUT2D eigenvalue weighted by Gasteiger charge is -2.26. The Bertz CT molecular complexity index is 2360. The average Bonchev–Trinajstić information content (AvgIpc) is 3.10. The van der Waals surface area contributed by atoms with E-state index >= 15 is 4.57 Å². The molecule has 0 bridgehead atoms. The van der Waals surface area contributed by atoms with Crippen LogP contribution in [0.15, 0.2) is 164 Å². The first-order valence-electron chi connectivity index (χ1n) is 15.0. The molecule has 0 spiro atoms. The molecule has 9 aromatic carbocycles. The van der Waals surface area contributed by atoms with E-state index in [1.807, 2.05) is 0 Å². The molecular weight excluding hydrogens is 551 g/mol. The van der Waals surface area contributed by atoms with Gasteiger partial charge < -0.3 is 4.57 Å². The lowest BCUT2D eigenvalue weighted by molar-refractivity contribution is 0.593. The third kappa shape index (κ3) is 3.57. The monoisotopic (exact) mass is 578 g/mol. The minimum atomic E-state index is -3.53. The van der Waals surface area contributed by atoms with Gasteiger partial charge in [0.1, 0.15) is 0 Å². The maximum Gasteiger partial charge on any atom is 0.172 e. The molecule has 0 aliphatic carbocycles. The van der Waals surface area contributed by atoms with Crippen molar-refractivity contribution in [2.45, 2.75) is 0 Å². The highest BCUT2D eigenvalue weighted by Crippen LogP contribution is 2.50. The summed E-state index contributed by atoms with van der Waals surface area (Å²) >= 11 is 0. The van der Waals surface area contributed by atoms with E-state index < -0.39 is 7.14 Å². The Labute approximate surface area is 255 Å². The van der Waals surface area contributed by atoms with Crippen LogP contribution in [-0.2, 0) is 4.57 Å². The van der Waals surface area contributed by atoms with Crippen LogP contribution in [0.5, 0.6) is 0 Å². The van der Waals surface area contributed by atoms with E-state index in [4.69, 9.17) is 0 Å². The zero-order valence-electron chi connectivity index (χ0n) is 23.9. The molecule has 0 heterocycles. The van der Waals surface area contributed by atoms with Crippen LogP contribution in [0.4, 0.5) is 0 Å². The normalized spacial score (nSPS) is 12.2. The standard InChI is InChI=1S/C42H27OP/c43-44(37-19-7-13-31-25-22-28-10-1-4-16-34(28)40(31)37,38-20-8-14-32-26-23-29-11-2-5-17-35(29)41(32)38)39-21-9-15-33-27-24-30-12-3-6-18-36(30)42(33)39/h1-27H. The van der Waals surface area contributed by atoms with Crippen molar-refractivity contribution in [3.8, 4) is 0 Å². The smallest absolute Gasteiger partial charge is 0.172 e. The molecule has 206 valence electrons. The first-order chi connectivity index (χ1) is 21.7. The molecule has 1 nitrogen and oxygen atoms in total. The summed E-state index contributed by atoms with van der Waals surface area (Å²) in [6, 6.07) is 57.4. The van der Waals surface area contributed by atoms with Crippen molar-refractivity contribution in [1.29, 1.82) is 0 Å². The van der Waals surface area contributed by atoms with Crippen molar-refractivity contribution >= 4 is 87.7 Å². The van der Waals surface area contributed by atoms with Crippen LogP contribution < -0.4 is 15.9 Å². The summed E-state index contributed by atoms with van der Waals surface area (Å²) in [6.07, 6.45) is 0. The fourth-order valence-corrected chi connectivity index (χ4v) is 10.7. The molecule has 0 aliphatic heterocycles. The van der Waals surface area contributed by atoms with Gasteiger partial charge in [-0.15, -0.1) is 0 Å². The number of benzene rings is 9. The van der Waals surface area contributed by atoms with Gasteiger partial charge in [0.25, 0.3) is 0 Å². The van der Waals surface area contributed by atoms with Gasteiger partial charge in [-0.25, -0.2) is 0 Å². The first-order valence-corrected chi connectivity index (χ1v) is 16.8. The van der Waals surface area contributed by atoms with Crippen molar-refractivity contribution < 1.29 is 4.57 Å². The lowest BCUT2D eigenvalue weighted by atomic mass is 10.0. The zero-order valence-corrected chi connectivity index (χ0v) is 24.8. The van der Waals surface area contributed by atoms with Gasteiger partial charge in [-0.1, -0.05) is 164 Å². The predicted molar refractivity (Wildman–Crippen MR) is 191 cm³/mol. The SMILES string of the molecule is O=P(c1cccc2ccc3ccccc3c12)(c1cccc2ccc3ccccc3c12)c1cccc2ccc3ccccc3c12. The van der Waals surface area contributed by atoms with Crippen LogP contribution in [0.25, 0.3) is 64.6 Å². The predicted octanol–water partition coefficient (Wildman–Crippen LogP) is 10.2. The Morgan fingerprint density at radius 3 is 0.886 bits per heavy atom. The average molecular weight is 579 g/mol. The summed E-state index contributed by atoms with van der Waals surface area (Å²) < 4.78 is 17.0. The molecule has 0 saturated carbocycles. The number of rotatable bonds is 3. The van der Waals surface area contributed by atoms with Gasteiger partial charge in [0.15, 0.2) is 7.14 Å². The van der Waals surface area contributed by atoms with Crippen LogP contribution in [0.3, 0.4) is 0 Å². The third-order valence-corrected chi connectivity index (χ3v) is 12.4. The molecule has 0 fully saturated rings. The van der Waals surface area contributed by atoms with Crippen molar-refractivity contribution in [3.05, 3.63) is 164 Å². The minimum Gasteiger partial charge on any atom is -0.309 e. The van der Waals surface area contributed by atoms with Gasteiger partial charge in [0.05, 0.1) is 0 Å². The van der Waals surface area contributed by atoms with E-state index in [0.29, 0.717) is 0 Å². The van der Waals surface area contributed by atoms with Crippen LogP contribution in [0.1, 0.15) is 0 Å². The van der Waals surface area contributed by atoms with E-state index in [-0.39, 0.29) is 0 Å². The summed E-state index contributed by atoms with van der Waals surface area (Å²) in [5, 5.41) is 15.9. The quantitative estimate of drug-likeness (QED) is 0.151. The van der Waals surface area contributed by atoms with Gasteiger partial charge in [-0.3, -0.25) is 0 Å². The van der Waals surface area contributed by atoms with Gasteiger partial charge >= 0.3 is 0 Å². The van der Waals surface area contributed by atoms with Crippen molar-refractivity contribution in [2.24, 2.45) is 0 Å². The molecular formula is C42H27OP. The molecule has 9 rings (SSSR count). The maximum atomic E-state index is 17.0. The largest absolute Gasteiger partial charge is 0.309 e. The fraction of sp³-hybridized carbons (Fsp3) is 0. The number of hydrogen-bond donors (Lipinski definition) is 0. The molecule has 0 aromatic heterocycles. The highest BCUT2D eigenvalue weighted by Gasteiger charge is 2.35. The van der Waals surface area contributed by atoms with Gasteiger partial charge in [0, 0.05) is 32.1 Å². The molecule has 0 aliphatic rings. The first kappa shape index (κ1) is 25.3. The molecule has 0 saturated heterocycles. The van der Waals surface area contributed by atoms with Crippen molar-refractivity contribution in [2.75, 3.05) is 0 Å². The highest BCUT2D eigenvalue weighted by molar-refractivity contribution is 7.86. The van der Waals surface area contributed by atoms with Gasteiger partial charge in [-0.2, -0.15) is 0 Å². The Kier molecular flexibility index (Phi) is 5.54. The summed E-state index contributed by atoms with van der Waals surface area (Å²) in [7, 11) is -3.53. The van der Waals surface area contributed by atoms with Crippen LogP contribution in [-0.4, -0.2) is 0 Å². The van der Waals surface area contributed by atoms with Crippen LogP contribution >= 0.6 is 7.14 Å². The Morgan fingerprint density at radius 2 is 0.545 bits per heavy atom. The van der Waals surface area contributed by atoms with Gasteiger partial charge in [-0.05, 0) is 48.5 Å². The Hall–Kier alpha value is -5.23. The van der Waals surface area contributed by atoms with Crippen LogP contribution in [0, 0.1) is 0 Å². The second-order valence-electron chi connectivity index (χ2n) is 11.6. The Morgan fingerprint density at radius 1 is 0.273 bits per heavy atom. The molecule has 0 unspecified atom stereocenters. The number of fused-ring (bicyclic) bond motifs is 9. The van der Waals surface area contributed by atoms with Crippen molar-refractivity contribution in [1.82, 2.24) is 0 Å². The Balaban J connectivity index is 1.55. The zero-order chi connectivity index (χ0) is 29.3. The molecule has 0 radical (unpaired) electrons. The van der Waals surface area contributed by atoms with E-state index in [9.17, 15) is 0 Å². The fourth-order valence-electron chi connectivity index (χ4n) is 7.29. The summed E-state index contributed by atoms with van der Waals surface area (Å²) in [4.78, 5) is 0. The molecule has 0 atom stereocenters. The molecule has 0 amide bonds. The van der Waals surface area contributed by atoms with E-state index in [1.165, 1.54) is 0 Å². The second kappa shape index (κ2) is 9.64. The maximum absolute atomic E-state index is 17.0. The second-order valence-corrected chi connectivity index (χ2v) is 14.3. The molecule has 44 heavy (non-hydrogen) atoms. The summed E-state index contributed by atoms with van der Waals surface area (Å²) in [6.45, 7) is 0. The van der Waals surface area contributed by atoms with Gasteiger partial charge in [0.2, 0.25) is 0 Å². The molecule has 0 N–H and O–H groups in total. The summed E-state index contributed by atoms with van der Waals surface area (Å²) in [5.74, 6) is 0. The van der Waals surface area contributed by atoms with E-state index in [1.54, 1.807) is 0 Å². The topological polar surface area (TPSA) is 17.1 Å². The lowest BCUT2D eigenvalue weighted by Crippen LogP contribution is -2.27.